The Morgan fingerprint density at radius 3 is 2.57 bits per heavy atom. The lowest BCUT2D eigenvalue weighted by molar-refractivity contribution is 0.122. The molecule has 0 bridgehead atoms. The van der Waals surface area contributed by atoms with Crippen LogP contribution in [0, 0.1) is 11.3 Å². The van der Waals surface area contributed by atoms with E-state index in [2.05, 4.69) is 27.0 Å². The highest BCUT2D eigenvalue weighted by atomic mass is 16.7. The maximum absolute atomic E-state index is 9.23. The molecule has 7 heteroatoms. The van der Waals surface area contributed by atoms with E-state index in [0.29, 0.717) is 22.9 Å². The van der Waals surface area contributed by atoms with Crippen LogP contribution in [0.4, 0.5) is 17.3 Å². The molecule has 2 aromatic carbocycles. The van der Waals surface area contributed by atoms with Crippen LogP contribution in [0.5, 0.6) is 5.75 Å². The molecule has 0 amide bonds. The second-order valence-corrected chi connectivity index (χ2v) is 6.19. The zero-order valence-electron chi connectivity index (χ0n) is 15.2. The number of nitrogens with zero attached hydrogens (tertiary/aromatic N) is 5. The van der Waals surface area contributed by atoms with Gasteiger partial charge in [0.25, 0.3) is 5.95 Å². The van der Waals surface area contributed by atoms with Crippen molar-refractivity contribution in [3.05, 3.63) is 72.6 Å². The van der Waals surface area contributed by atoms with E-state index in [-0.39, 0.29) is 0 Å². The van der Waals surface area contributed by atoms with Crippen LogP contribution in [-0.4, -0.2) is 36.3 Å². The van der Waals surface area contributed by atoms with Crippen LogP contribution in [0.15, 0.2) is 67.0 Å². The summed E-state index contributed by atoms with van der Waals surface area (Å²) in [5.41, 5.74) is 2.27. The van der Waals surface area contributed by atoms with Gasteiger partial charge in [0.1, 0.15) is 0 Å². The van der Waals surface area contributed by atoms with E-state index in [1.807, 2.05) is 24.3 Å². The number of morpholine rings is 1. The van der Waals surface area contributed by atoms with E-state index in [1.54, 1.807) is 36.7 Å². The van der Waals surface area contributed by atoms with Gasteiger partial charge in [-0.2, -0.15) is 5.26 Å². The molecule has 1 fully saturated rings. The summed E-state index contributed by atoms with van der Waals surface area (Å²) in [4.78, 5) is 17.0. The molecule has 2 heterocycles. The van der Waals surface area contributed by atoms with Crippen molar-refractivity contribution in [3.63, 3.8) is 0 Å². The molecule has 0 aliphatic carbocycles. The van der Waals surface area contributed by atoms with Crippen LogP contribution in [0.2, 0.25) is 0 Å². The SMILES string of the molecule is N#Cc1cccc(N(Oc2cccc(N3CCOCC3)c2)c2ncccn2)c1. The Morgan fingerprint density at radius 2 is 1.79 bits per heavy atom. The maximum Gasteiger partial charge on any atom is 0.264 e. The van der Waals surface area contributed by atoms with Crippen LogP contribution >= 0.6 is 0 Å². The number of rotatable bonds is 5. The zero-order valence-corrected chi connectivity index (χ0v) is 15.2. The molecule has 4 rings (SSSR count). The maximum atomic E-state index is 9.23. The first-order valence-corrected chi connectivity index (χ1v) is 9.01. The van der Waals surface area contributed by atoms with Crippen LogP contribution in [0.25, 0.3) is 0 Å². The first-order chi connectivity index (χ1) is 13.8. The smallest absolute Gasteiger partial charge is 0.264 e. The van der Waals surface area contributed by atoms with Crippen molar-refractivity contribution in [2.45, 2.75) is 0 Å². The molecule has 0 atom stereocenters. The largest absolute Gasteiger partial charge is 0.378 e. The number of hydrogen-bond acceptors (Lipinski definition) is 7. The third-order valence-electron chi connectivity index (χ3n) is 4.33. The highest BCUT2D eigenvalue weighted by Gasteiger charge is 2.17. The van der Waals surface area contributed by atoms with Crippen LogP contribution in [-0.2, 0) is 4.74 Å². The molecule has 1 saturated heterocycles. The van der Waals surface area contributed by atoms with Gasteiger partial charge in [0.15, 0.2) is 5.75 Å². The molecular formula is C21H19N5O2. The fourth-order valence-corrected chi connectivity index (χ4v) is 2.97. The molecule has 0 spiro atoms. The normalized spacial score (nSPS) is 13.6. The lowest BCUT2D eigenvalue weighted by Gasteiger charge is -2.29. The van der Waals surface area contributed by atoms with Gasteiger partial charge in [0.2, 0.25) is 0 Å². The van der Waals surface area contributed by atoms with Crippen molar-refractivity contribution in [3.8, 4) is 11.8 Å². The van der Waals surface area contributed by atoms with Crippen molar-refractivity contribution >= 4 is 17.3 Å². The standard InChI is InChI=1S/C21H19N5O2/c22-16-17-4-1-6-19(14-17)26(21-23-8-3-9-24-21)28-20-7-2-5-18(15-20)25-10-12-27-13-11-25/h1-9,14-15H,10-13H2. The number of hydrogen-bond donors (Lipinski definition) is 0. The van der Waals surface area contributed by atoms with Crippen molar-refractivity contribution in [2.75, 3.05) is 36.3 Å². The summed E-state index contributed by atoms with van der Waals surface area (Å²) < 4.78 is 5.43. The molecule has 28 heavy (non-hydrogen) atoms. The summed E-state index contributed by atoms with van der Waals surface area (Å²) in [7, 11) is 0. The number of benzene rings is 2. The molecule has 0 saturated carbocycles. The second-order valence-electron chi connectivity index (χ2n) is 6.19. The molecule has 7 nitrogen and oxygen atoms in total. The lowest BCUT2D eigenvalue weighted by atomic mass is 10.2. The van der Waals surface area contributed by atoms with E-state index < -0.39 is 0 Å². The van der Waals surface area contributed by atoms with Gasteiger partial charge in [0.05, 0.1) is 30.5 Å². The molecule has 1 aromatic heterocycles. The fourth-order valence-electron chi connectivity index (χ4n) is 2.97. The Hall–Kier alpha value is -3.63. The third-order valence-corrected chi connectivity index (χ3v) is 4.33. The molecule has 3 aromatic rings. The van der Waals surface area contributed by atoms with Gasteiger partial charge in [-0.3, -0.25) is 0 Å². The quantitative estimate of drug-likeness (QED) is 0.635. The highest BCUT2D eigenvalue weighted by molar-refractivity contribution is 5.58. The van der Waals surface area contributed by atoms with Gasteiger partial charge in [-0.25, -0.2) is 9.97 Å². The van der Waals surface area contributed by atoms with Gasteiger partial charge in [-0.05, 0) is 36.4 Å². The van der Waals surface area contributed by atoms with Gasteiger partial charge in [-0.1, -0.05) is 12.1 Å². The van der Waals surface area contributed by atoms with E-state index in [1.165, 1.54) is 5.06 Å². The van der Waals surface area contributed by atoms with E-state index in [4.69, 9.17) is 9.57 Å². The molecule has 0 N–H and O–H groups in total. The Morgan fingerprint density at radius 1 is 1.00 bits per heavy atom. The van der Waals surface area contributed by atoms with Crippen molar-refractivity contribution in [1.29, 1.82) is 5.26 Å². The number of aromatic nitrogens is 2. The first kappa shape index (κ1) is 17.8. The summed E-state index contributed by atoms with van der Waals surface area (Å²) in [6.45, 7) is 3.13. The van der Waals surface area contributed by atoms with E-state index in [0.717, 1.165) is 32.0 Å². The molecule has 140 valence electrons. The summed E-state index contributed by atoms with van der Waals surface area (Å²) >= 11 is 0. The fraction of sp³-hybridized carbons (Fsp3) is 0.190. The van der Waals surface area contributed by atoms with Gasteiger partial charge < -0.3 is 14.5 Å². The Bertz CT molecular complexity index is 968. The van der Waals surface area contributed by atoms with Crippen molar-refractivity contribution < 1.29 is 9.57 Å². The zero-order chi connectivity index (χ0) is 19.2. The summed E-state index contributed by atoms with van der Waals surface area (Å²) in [6.07, 6.45) is 3.30. The van der Waals surface area contributed by atoms with Crippen molar-refractivity contribution in [2.24, 2.45) is 0 Å². The molecule has 0 unspecified atom stereocenters. The summed E-state index contributed by atoms with van der Waals surface area (Å²) in [5.74, 6) is 1.04. The minimum absolute atomic E-state index is 0.384. The third kappa shape index (κ3) is 4.03. The van der Waals surface area contributed by atoms with Gasteiger partial charge >= 0.3 is 0 Å². The predicted octanol–water partition coefficient (Wildman–Crippen LogP) is 3.32. The van der Waals surface area contributed by atoms with Crippen molar-refractivity contribution in [1.82, 2.24) is 9.97 Å². The molecule has 0 radical (unpaired) electrons. The Kier molecular flexibility index (Phi) is 5.31. The topological polar surface area (TPSA) is 74.5 Å². The Balaban J connectivity index is 1.65. The second kappa shape index (κ2) is 8.37. The van der Waals surface area contributed by atoms with Gasteiger partial charge in [0, 0.05) is 37.2 Å². The van der Waals surface area contributed by atoms with E-state index >= 15 is 0 Å². The number of ether oxygens (including phenoxy) is 1. The van der Waals surface area contributed by atoms with E-state index in [9.17, 15) is 5.26 Å². The molecule has 1 aliphatic rings. The average Bonchev–Trinajstić information content (AvgIpc) is 2.79. The molecule has 1 aliphatic heterocycles. The van der Waals surface area contributed by atoms with Crippen LogP contribution in [0.1, 0.15) is 5.56 Å². The molecular weight excluding hydrogens is 354 g/mol. The Labute approximate surface area is 163 Å². The summed E-state index contributed by atoms with van der Waals surface area (Å²) in [5, 5.41) is 10.8. The minimum atomic E-state index is 0.384. The predicted molar refractivity (Wildman–Crippen MR) is 105 cm³/mol. The monoisotopic (exact) mass is 373 g/mol. The van der Waals surface area contributed by atoms with Crippen LogP contribution < -0.4 is 14.8 Å². The highest BCUT2D eigenvalue weighted by Crippen LogP contribution is 2.28. The average molecular weight is 373 g/mol. The summed E-state index contributed by atoms with van der Waals surface area (Å²) in [6, 6.07) is 18.9. The lowest BCUT2D eigenvalue weighted by Crippen LogP contribution is -2.36. The number of anilines is 3. The number of nitriles is 1. The van der Waals surface area contributed by atoms with Gasteiger partial charge in [-0.15, -0.1) is 5.06 Å². The minimum Gasteiger partial charge on any atom is -0.378 e. The van der Waals surface area contributed by atoms with Crippen LogP contribution in [0.3, 0.4) is 0 Å². The first-order valence-electron chi connectivity index (χ1n) is 9.01.